The van der Waals surface area contributed by atoms with Crippen molar-refractivity contribution in [2.24, 2.45) is 0 Å². The van der Waals surface area contributed by atoms with E-state index in [4.69, 9.17) is 65.4 Å². The quantitative estimate of drug-likeness (QED) is 0.0305. The topological polar surface area (TPSA) is 239 Å². The third-order valence-corrected chi connectivity index (χ3v) is 18.5. The molecule has 19 nitrogen and oxygen atoms in total. The van der Waals surface area contributed by atoms with Crippen molar-refractivity contribution in [1.29, 1.82) is 5.26 Å². The van der Waals surface area contributed by atoms with E-state index < -0.39 is 147 Å². The first kappa shape index (κ1) is 100. The minimum absolute atomic E-state index is 0.0300. The van der Waals surface area contributed by atoms with Crippen molar-refractivity contribution in [2.75, 3.05) is 51.1 Å². The number of ether oxygens (including phenoxy) is 4. The Morgan fingerprint density at radius 3 is 0.922 bits per heavy atom. The average molecular weight is 1820 g/mol. The van der Waals surface area contributed by atoms with Gasteiger partial charge in [-0.25, -0.2) is 30.7 Å². The Bertz CT molecular complexity index is 5960. The molecular weight excluding hydrogens is 1730 g/mol. The molecule has 129 heavy (non-hydrogen) atoms. The molecule has 1 N–H and O–H groups in total. The van der Waals surface area contributed by atoms with Gasteiger partial charge in [0.25, 0.3) is 23.6 Å². The van der Waals surface area contributed by atoms with Crippen LogP contribution in [0.15, 0.2) is 237 Å². The number of nitrogens with zero attached hydrogens (tertiary/aromatic N) is 5. The summed E-state index contributed by atoms with van der Waals surface area (Å²) in [4.78, 5) is 118. The van der Waals surface area contributed by atoms with Crippen molar-refractivity contribution in [3.05, 3.63) is 326 Å². The van der Waals surface area contributed by atoms with Crippen molar-refractivity contribution in [3.8, 4) is 51.8 Å². The van der Waals surface area contributed by atoms with Crippen LogP contribution in [0.4, 0.5) is 59.2 Å². The molecule has 668 valence electrons. The van der Waals surface area contributed by atoms with Crippen LogP contribution in [0.5, 0.6) is 0 Å². The predicted molar refractivity (Wildman–Crippen MR) is 484 cm³/mol. The Balaban J connectivity index is 0.000000213. The van der Waals surface area contributed by atoms with Gasteiger partial charge in [-0.05, 0) is 255 Å². The van der Waals surface area contributed by atoms with Gasteiger partial charge in [0.05, 0.1) is 28.1 Å². The van der Waals surface area contributed by atoms with Crippen LogP contribution in [0, 0.1) is 64.4 Å². The zero-order valence-electron chi connectivity index (χ0n) is 72.5. The van der Waals surface area contributed by atoms with E-state index in [1.807, 2.05) is 18.2 Å². The number of esters is 4. The molecule has 0 spiro atoms. The lowest BCUT2D eigenvalue weighted by atomic mass is 10.0. The molecular formula is C100H90Cl3F7N6O13. The van der Waals surface area contributed by atoms with Crippen LogP contribution in [0.3, 0.4) is 0 Å². The average Bonchev–Trinajstić information content (AvgIpc) is 0.865. The van der Waals surface area contributed by atoms with Gasteiger partial charge in [-0.2, -0.15) is 5.26 Å². The number of carbonyl (C=O) groups excluding carboxylic acids is 9. The second kappa shape index (κ2) is 44.5. The zero-order valence-corrected chi connectivity index (χ0v) is 74.7. The monoisotopic (exact) mass is 1820 g/mol. The summed E-state index contributed by atoms with van der Waals surface area (Å²) in [5.74, 6) is -10.6. The van der Waals surface area contributed by atoms with Gasteiger partial charge in [0.2, 0.25) is 5.91 Å². The molecule has 11 rings (SSSR count). The van der Waals surface area contributed by atoms with Crippen molar-refractivity contribution in [3.63, 3.8) is 0 Å². The van der Waals surface area contributed by atoms with Gasteiger partial charge in [-0.15, -0.1) is 6.42 Å². The Hall–Kier alpha value is -13.9. The molecule has 0 bridgehead atoms. The lowest BCUT2D eigenvalue weighted by Gasteiger charge is -2.26. The molecule has 29 heteroatoms. The summed E-state index contributed by atoms with van der Waals surface area (Å²) in [7, 11) is 0. The number of amides is 5. The lowest BCUT2D eigenvalue weighted by molar-refractivity contribution is -0.154. The maximum atomic E-state index is 14.4. The molecule has 0 aliphatic carbocycles. The van der Waals surface area contributed by atoms with E-state index in [1.54, 1.807) is 217 Å². The van der Waals surface area contributed by atoms with Gasteiger partial charge in [0.15, 0.2) is 0 Å². The number of anilines is 5. The molecule has 0 fully saturated rings. The first-order valence-corrected chi connectivity index (χ1v) is 40.8. The lowest BCUT2D eigenvalue weighted by Crippen LogP contribution is -2.39. The van der Waals surface area contributed by atoms with Crippen molar-refractivity contribution < 1.29 is 92.8 Å². The van der Waals surface area contributed by atoms with Gasteiger partial charge in [-0.3, -0.25) is 62.8 Å². The van der Waals surface area contributed by atoms with E-state index in [0.29, 0.717) is 33.6 Å². The van der Waals surface area contributed by atoms with E-state index in [9.17, 15) is 73.9 Å². The Morgan fingerprint density at radius 2 is 0.636 bits per heavy atom. The highest BCUT2D eigenvalue weighted by molar-refractivity contribution is 6.43. The minimum Gasteiger partial charge on any atom is -0.459 e. The molecule has 11 aromatic rings. The summed E-state index contributed by atoms with van der Waals surface area (Å²) < 4.78 is 121. The summed E-state index contributed by atoms with van der Waals surface area (Å²) in [6.07, 6.45) is 5.64. The molecule has 5 amide bonds. The van der Waals surface area contributed by atoms with Crippen LogP contribution in [0.1, 0.15) is 143 Å². The summed E-state index contributed by atoms with van der Waals surface area (Å²) >= 11 is 18.3. The number of benzene rings is 11. The second-order valence-corrected chi connectivity index (χ2v) is 33.8. The highest BCUT2D eigenvalue weighted by Crippen LogP contribution is 2.36. The van der Waals surface area contributed by atoms with Gasteiger partial charge < -0.3 is 24.3 Å². The molecule has 0 atom stereocenters. The number of carbonyl (C=O) groups is 9. The molecule has 0 aliphatic rings. The highest BCUT2D eigenvalue weighted by atomic mass is 35.5. The van der Waals surface area contributed by atoms with Gasteiger partial charge in [0.1, 0.15) is 106 Å². The predicted octanol–water partition coefficient (Wildman–Crippen LogP) is 22.6. The second-order valence-electron chi connectivity index (χ2n) is 32.6. The van der Waals surface area contributed by atoms with E-state index >= 15 is 0 Å². The summed E-state index contributed by atoms with van der Waals surface area (Å²) in [6, 6.07) is 60.7. The molecule has 0 heterocycles. The Labute approximate surface area is 757 Å². The van der Waals surface area contributed by atoms with Crippen LogP contribution >= 0.6 is 34.8 Å². The smallest absolute Gasteiger partial charge is 0.326 e. The third kappa shape index (κ3) is 29.9. The number of rotatable bonds is 21. The molecule has 0 saturated carbocycles. The van der Waals surface area contributed by atoms with Crippen LogP contribution in [0.2, 0.25) is 15.1 Å². The normalized spacial score (nSPS) is 11.0. The standard InChI is InChI=1S/C27H26F2N2O4.C27H23F2NO3.C25H22F3NO3.C21H19Cl3N2O3/c1-17(32)30-20-13-11-18(12-14-20)19-7-5-8-21(15-19)31(16-24(33)35-27(2,3)4)26(34)25-22(28)9-6-10-23(25)29;1-5-18-12-14-19(15-13-18)20-8-6-9-21(16-20)30(17-24(31)33-27(2,3)4)26(32)25-22(28)10-7-11-23(25)29;1-25(2,3)32-22(30)15-29(24(31)23-20(27)8-5-9-21(23)28)19-7-4-6-17(14-19)16-10-12-18(26)13-11-16;1-21(2,3)29-18(27)12-26(15-6-4-13(5-7-15)8-9-25)20(28)19-16(23)10-14(22)11-17(19)24/h5-15H,16H2,1-4H3,(H,30,32);1,6-16H,17H2,2-4H3;4-14H,15H2,1-3H3;4-7,10-11H,8,12H2,1-3H3. The third-order valence-electron chi connectivity index (χ3n) is 17.7. The summed E-state index contributed by atoms with van der Waals surface area (Å²) in [5, 5.41) is 11.9. The first-order valence-electron chi connectivity index (χ1n) is 39.7. The molecule has 0 saturated heterocycles. The number of nitriles is 1. The van der Waals surface area contributed by atoms with Crippen LogP contribution in [0.25, 0.3) is 33.4 Å². The van der Waals surface area contributed by atoms with Gasteiger partial charge in [-0.1, -0.05) is 144 Å². The van der Waals surface area contributed by atoms with E-state index in [2.05, 4.69) is 17.3 Å². The van der Waals surface area contributed by atoms with Crippen LogP contribution in [-0.2, 0) is 49.3 Å². The molecule has 11 aromatic carbocycles. The first-order chi connectivity index (χ1) is 60.6. The van der Waals surface area contributed by atoms with Crippen molar-refractivity contribution in [1.82, 2.24) is 0 Å². The SMILES string of the molecule is C#Cc1ccc(-c2cccc(N(CC(=O)OC(C)(C)C)C(=O)c3c(F)cccc3F)c2)cc1.CC(=O)Nc1ccc(-c2cccc(N(CC(=O)OC(C)(C)C)C(=O)c3c(F)cccc3F)c2)cc1.CC(C)(C)OC(=O)CN(C(=O)c1c(Cl)cc(Cl)cc1Cl)c1ccc(CC#N)cc1.CC(C)(C)OC(=O)CN(C(=O)c1c(F)cccc1F)c1cccc(-c2ccc(F)cc2)c1. The number of nitrogens with one attached hydrogen (secondary N) is 1. The molecule has 0 aliphatic heterocycles. The maximum Gasteiger partial charge on any atom is 0.326 e. The fourth-order valence-corrected chi connectivity index (χ4v) is 13.3. The number of hydrogen-bond donors (Lipinski definition) is 1. The molecule has 0 aromatic heterocycles. The number of halogens is 10. The van der Waals surface area contributed by atoms with Gasteiger partial charge >= 0.3 is 23.9 Å². The largest absolute Gasteiger partial charge is 0.459 e. The molecule has 0 unspecified atom stereocenters. The van der Waals surface area contributed by atoms with Gasteiger partial charge in [0, 0.05) is 45.9 Å². The molecule has 0 radical (unpaired) electrons. The van der Waals surface area contributed by atoms with Crippen LogP contribution in [-0.4, -0.2) is 102 Å². The Morgan fingerprint density at radius 1 is 0.357 bits per heavy atom. The fraction of sp³-hybridized carbons (Fsp3) is 0.220. The van der Waals surface area contributed by atoms with Crippen molar-refractivity contribution >= 4 is 117 Å². The van der Waals surface area contributed by atoms with Crippen LogP contribution < -0.4 is 24.9 Å². The number of hydrogen-bond acceptors (Lipinski definition) is 14. The number of terminal acetylenes is 1. The van der Waals surface area contributed by atoms with E-state index in [-0.39, 0.29) is 56.6 Å². The maximum absolute atomic E-state index is 14.4. The van der Waals surface area contributed by atoms with E-state index in [1.165, 1.54) is 48.2 Å². The summed E-state index contributed by atoms with van der Waals surface area (Å²) in [6.45, 7) is 19.8. The zero-order chi connectivity index (χ0) is 95.2. The minimum atomic E-state index is -1.04. The summed E-state index contributed by atoms with van der Waals surface area (Å²) in [5.41, 5.74) is 2.22. The Kier molecular flexibility index (Phi) is 34.7. The fourth-order valence-electron chi connectivity index (χ4n) is 12.3. The highest BCUT2D eigenvalue weighted by Gasteiger charge is 2.34. The van der Waals surface area contributed by atoms with Crippen molar-refractivity contribution in [2.45, 2.75) is 119 Å². The van der Waals surface area contributed by atoms with E-state index in [0.717, 1.165) is 85.5 Å².